The lowest BCUT2D eigenvalue weighted by molar-refractivity contribution is 0.758. The minimum Gasteiger partial charge on any atom is -0.296 e. The smallest absolute Gasteiger partial charge is 0.114 e. The van der Waals surface area contributed by atoms with E-state index in [1.807, 2.05) is 0 Å². The number of benzene rings is 2. The average molecular weight is 327 g/mol. The van der Waals surface area contributed by atoms with E-state index in [1.54, 1.807) is 0 Å². The van der Waals surface area contributed by atoms with Crippen molar-refractivity contribution in [3.63, 3.8) is 0 Å². The van der Waals surface area contributed by atoms with E-state index in [2.05, 4.69) is 69.0 Å². The van der Waals surface area contributed by atoms with Crippen LogP contribution in [0.2, 0.25) is 0 Å². The van der Waals surface area contributed by atoms with Gasteiger partial charge in [0.15, 0.2) is 0 Å². The fourth-order valence-electron chi connectivity index (χ4n) is 2.67. The van der Waals surface area contributed by atoms with Crippen LogP contribution in [0.15, 0.2) is 53.0 Å². The van der Waals surface area contributed by atoms with Crippen molar-refractivity contribution in [2.75, 3.05) is 0 Å². The highest BCUT2D eigenvalue weighted by molar-refractivity contribution is 9.10. The molecule has 0 aliphatic heterocycles. The van der Waals surface area contributed by atoms with Crippen LogP contribution in [0.1, 0.15) is 18.7 Å². The van der Waals surface area contributed by atoms with Crippen LogP contribution in [-0.2, 0) is 6.42 Å². The molecule has 4 rings (SSSR count). The van der Waals surface area contributed by atoms with Gasteiger partial charge in [-0.25, -0.2) is 4.98 Å². The Hall–Kier alpha value is -1.61. The van der Waals surface area contributed by atoms with Gasteiger partial charge in [-0.15, -0.1) is 0 Å². The third-order valence-corrected chi connectivity index (χ3v) is 4.41. The van der Waals surface area contributed by atoms with E-state index >= 15 is 0 Å². The Balaban J connectivity index is 1.91. The van der Waals surface area contributed by atoms with Gasteiger partial charge < -0.3 is 0 Å². The summed E-state index contributed by atoms with van der Waals surface area (Å²) in [6.45, 7) is 0. The summed E-state index contributed by atoms with van der Waals surface area (Å²) < 4.78 is 3.41. The molecule has 0 unspecified atom stereocenters. The summed E-state index contributed by atoms with van der Waals surface area (Å²) in [6.07, 6.45) is 3.79. The number of hydrogen-bond donors (Lipinski definition) is 0. The highest BCUT2D eigenvalue weighted by atomic mass is 79.9. The van der Waals surface area contributed by atoms with E-state index in [1.165, 1.54) is 29.9 Å². The molecular formula is C17H15BrN2. The van der Waals surface area contributed by atoms with Crippen molar-refractivity contribution in [3.05, 3.63) is 58.8 Å². The molecule has 0 amide bonds. The highest BCUT2D eigenvalue weighted by Crippen LogP contribution is 2.34. The van der Waals surface area contributed by atoms with Crippen molar-refractivity contribution in [2.45, 2.75) is 19.3 Å². The Morgan fingerprint density at radius 3 is 2.55 bits per heavy atom. The van der Waals surface area contributed by atoms with Gasteiger partial charge in [0.05, 0.1) is 11.0 Å². The maximum absolute atomic E-state index is 4.84. The minimum absolute atomic E-state index is 0.834. The van der Waals surface area contributed by atoms with Gasteiger partial charge in [-0.2, -0.15) is 0 Å². The van der Waals surface area contributed by atoms with Crippen LogP contribution in [-0.4, -0.2) is 9.55 Å². The first-order chi connectivity index (χ1) is 9.81. The van der Waals surface area contributed by atoms with E-state index in [9.17, 15) is 0 Å². The Bertz CT molecular complexity index is 754. The van der Waals surface area contributed by atoms with Crippen LogP contribution in [0.4, 0.5) is 0 Å². The molecule has 0 saturated heterocycles. The predicted molar refractivity (Wildman–Crippen MR) is 85.2 cm³/mol. The molecule has 1 aliphatic rings. The van der Waals surface area contributed by atoms with Crippen molar-refractivity contribution < 1.29 is 0 Å². The Labute approximate surface area is 126 Å². The fourth-order valence-corrected chi connectivity index (χ4v) is 2.94. The van der Waals surface area contributed by atoms with Crippen molar-refractivity contribution in [2.24, 2.45) is 5.92 Å². The number of para-hydroxylation sites is 2. The molecule has 1 aliphatic carbocycles. The van der Waals surface area contributed by atoms with E-state index in [4.69, 9.17) is 4.98 Å². The summed E-state index contributed by atoms with van der Waals surface area (Å²) in [4.78, 5) is 4.84. The van der Waals surface area contributed by atoms with E-state index in [0.29, 0.717) is 0 Å². The molecule has 20 heavy (non-hydrogen) atoms. The summed E-state index contributed by atoms with van der Waals surface area (Å²) in [7, 11) is 0. The molecule has 3 heteroatoms. The van der Waals surface area contributed by atoms with Crippen LogP contribution in [0.25, 0.3) is 16.7 Å². The normalized spacial score (nSPS) is 14.8. The Morgan fingerprint density at radius 1 is 1.05 bits per heavy atom. The lowest BCUT2D eigenvalue weighted by Crippen LogP contribution is -2.02. The molecule has 0 atom stereocenters. The van der Waals surface area contributed by atoms with Crippen molar-refractivity contribution in [3.8, 4) is 5.69 Å². The van der Waals surface area contributed by atoms with Crippen molar-refractivity contribution >= 4 is 27.0 Å². The minimum atomic E-state index is 0.834. The number of rotatable bonds is 3. The first-order valence-electron chi connectivity index (χ1n) is 7.03. The lowest BCUT2D eigenvalue weighted by atomic mass is 10.2. The van der Waals surface area contributed by atoms with Gasteiger partial charge in [-0.1, -0.05) is 28.1 Å². The van der Waals surface area contributed by atoms with Crippen LogP contribution in [0.5, 0.6) is 0 Å². The van der Waals surface area contributed by atoms with E-state index in [0.717, 1.165) is 22.3 Å². The maximum Gasteiger partial charge on any atom is 0.114 e. The van der Waals surface area contributed by atoms with Crippen LogP contribution in [0.3, 0.4) is 0 Å². The molecule has 1 saturated carbocycles. The summed E-state index contributed by atoms with van der Waals surface area (Å²) in [6, 6.07) is 16.9. The molecule has 0 spiro atoms. The maximum atomic E-state index is 4.84. The number of aromatic nitrogens is 2. The monoisotopic (exact) mass is 326 g/mol. The Morgan fingerprint density at radius 2 is 1.80 bits per heavy atom. The molecular weight excluding hydrogens is 312 g/mol. The number of imidazole rings is 1. The Kier molecular flexibility index (Phi) is 2.88. The molecule has 0 bridgehead atoms. The average Bonchev–Trinajstić information content (AvgIpc) is 3.19. The number of hydrogen-bond acceptors (Lipinski definition) is 1. The second-order valence-electron chi connectivity index (χ2n) is 5.48. The number of halogens is 1. The standard InChI is InChI=1S/C17H15BrN2/c18-13-7-9-14(10-8-13)20-16-4-2-1-3-15(16)19-17(20)11-12-5-6-12/h1-4,7-10,12H,5-6,11H2. The molecule has 2 nitrogen and oxygen atoms in total. The summed E-state index contributed by atoms with van der Waals surface area (Å²) in [5.74, 6) is 2.03. The molecule has 2 aromatic carbocycles. The third-order valence-electron chi connectivity index (χ3n) is 3.88. The van der Waals surface area contributed by atoms with Gasteiger partial charge in [0.2, 0.25) is 0 Å². The van der Waals surface area contributed by atoms with Gasteiger partial charge >= 0.3 is 0 Å². The summed E-state index contributed by atoms with van der Waals surface area (Å²) >= 11 is 3.50. The molecule has 1 fully saturated rings. The number of fused-ring (bicyclic) bond motifs is 1. The van der Waals surface area contributed by atoms with E-state index in [-0.39, 0.29) is 0 Å². The second kappa shape index (κ2) is 4.74. The largest absolute Gasteiger partial charge is 0.296 e. The van der Waals surface area contributed by atoms with Crippen molar-refractivity contribution in [1.29, 1.82) is 0 Å². The van der Waals surface area contributed by atoms with Crippen molar-refractivity contribution in [1.82, 2.24) is 9.55 Å². The SMILES string of the molecule is Brc1ccc(-n2c(CC3CC3)nc3ccccc32)cc1. The molecule has 1 aromatic heterocycles. The highest BCUT2D eigenvalue weighted by Gasteiger charge is 2.25. The van der Waals surface area contributed by atoms with Crippen LogP contribution in [0, 0.1) is 5.92 Å². The van der Waals surface area contributed by atoms with Crippen LogP contribution < -0.4 is 0 Å². The molecule has 0 radical (unpaired) electrons. The van der Waals surface area contributed by atoms with Gasteiger partial charge in [-0.05, 0) is 55.2 Å². The summed E-state index contributed by atoms with van der Waals surface area (Å²) in [5.41, 5.74) is 3.48. The first-order valence-corrected chi connectivity index (χ1v) is 7.83. The lowest BCUT2D eigenvalue weighted by Gasteiger charge is -2.09. The number of nitrogens with zero attached hydrogens (tertiary/aromatic N) is 2. The molecule has 100 valence electrons. The van der Waals surface area contributed by atoms with Gasteiger partial charge in [0, 0.05) is 16.6 Å². The zero-order chi connectivity index (χ0) is 13.5. The van der Waals surface area contributed by atoms with E-state index < -0.39 is 0 Å². The molecule has 1 heterocycles. The zero-order valence-electron chi connectivity index (χ0n) is 11.1. The molecule has 3 aromatic rings. The first kappa shape index (κ1) is 12.2. The predicted octanol–water partition coefficient (Wildman–Crippen LogP) is 4.74. The summed E-state index contributed by atoms with van der Waals surface area (Å²) in [5, 5.41) is 0. The van der Waals surface area contributed by atoms with Gasteiger partial charge in [0.1, 0.15) is 5.82 Å². The quantitative estimate of drug-likeness (QED) is 0.679. The molecule has 0 N–H and O–H groups in total. The zero-order valence-corrected chi connectivity index (χ0v) is 12.7. The third kappa shape index (κ3) is 2.16. The second-order valence-corrected chi connectivity index (χ2v) is 6.39. The van der Waals surface area contributed by atoms with Gasteiger partial charge in [-0.3, -0.25) is 4.57 Å². The van der Waals surface area contributed by atoms with Crippen LogP contribution >= 0.6 is 15.9 Å². The topological polar surface area (TPSA) is 17.8 Å². The van der Waals surface area contributed by atoms with Gasteiger partial charge in [0.25, 0.3) is 0 Å². The fraction of sp³-hybridized carbons (Fsp3) is 0.235.